The summed E-state index contributed by atoms with van der Waals surface area (Å²) in [5.74, 6) is 0.362. The van der Waals surface area contributed by atoms with Gasteiger partial charge < -0.3 is 9.84 Å². The molecule has 1 aromatic rings. The third-order valence-electron chi connectivity index (χ3n) is 6.90. The maximum Gasteiger partial charge on any atom is 0.310 e. The summed E-state index contributed by atoms with van der Waals surface area (Å²) in [5.41, 5.74) is 2.86. The van der Waals surface area contributed by atoms with Gasteiger partial charge in [-0.15, -0.1) is 0 Å². The van der Waals surface area contributed by atoms with Crippen molar-refractivity contribution in [2.75, 3.05) is 20.3 Å². The molecular formula is C20H27NO3. The molecule has 24 heavy (non-hydrogen) atoms. The number of aliphatic hydroxyl groups is 1. The Morgan fingerprint density at radius 2 is 2.17 bits per heavy atom. The molecule has 0 aromatic heterocycles. The molecule has 3 fully saturated rings. The first kappa shape index (κ1) is 16.1. The summed E-state index contributed by atoms with van der Waals surface area (Å²) in [6.07, 6.45) is 3.69. The van der Waals surface area contributed by atoms with Crippen LogP contribution in [0.3, 0.4) is 0 Å². The SMILES string of the molecule is CCOC(=O)[C@H]1CC2C3Cc4ccccc4[C@]2(CCO)CC1N3C. The summed E-state index contributed by atoms with van der Waals surface area (Å²) < 4.78 is 5.35. The number of aliphatic hydroxyl groups excluding tert-OH is 1. The first-order valence-electron chi connectivity index (χ1n) is 9.20. The predicted molar refractivity (Wildman–Crippen MR) is 91.7 cm³/mol. The summed E-state index contributed by atoms with van der Waals surface area (Å²) in [7, 11) is 2.17. The van der Waals surface area contributed by atoms with Crippen molar-refractivity contribution in [2.24, 2.45) is 11.8 Å². The fraction of sp³-hybridized carbons (Fsp3) is 0.650. The molecule has 4 aliphatic rings. The predicted octanol–water partition coefficient (Wildman–Crippen LogP) is 2.13. The van der Waals surface area contributed by atoms with Crippen LogP contribution < -0.4 is 0 Å². The molecule has 4 bridgehead atoms. The Morgan fingerprint density at radius 3 is 2.92 bits per heavy atom. The lowest BCUT2D eigenvalue weighted by molar-refractivity contribution is -0.165. The van der Waals surface area contributed by atoms with E-state index in [1.54, 1.807) is 0 Å². The molecule has 130 valence electrons. The molecule has 2 heterocycles. The highest BCUT2D eigenvalue weighted by atomic mass is 16.5. The summed E-state index contributed by atoms with van der Waals surface area (Å²) in [6, 6.07) is 9.42. The van der Waals surface area contributed by atoms with Gasteiger partial charge in [-0.05, 0) is 56.7 Å². The van der Waals surface area contributed by atoms with Crippen LogP contribution in [0.15, 0.2) is 24.3 Å². The molecule has 0 spiro atoms. The molecule has 3 unspecified atom stereocenters. The number of fused-ring (bicyclic) bond motifs is 2. The van der Waals surface area contributed by atoms with Crippen molar-refractivity contribution in [3.8, 4) is 0 Å². The van der Waals surface area contributed by atoms with E-state index in [-0.39, 0.29) is 30.0 Å². The van der Waals surface area contributed by atoms with Crippen LogP contribution in [0.25, 0.3) is 0 Å². The lowest BCUT2D eigenvalue weighted by atomic mass is 9.48. The first-order chi connectivity index (χ1) is 11.6. The van der Waals surface area contributed by atoms with Crippen molar-refractivity contribution in [2.45, 2.75) is 50.1 Å². The summed E-state index contributed by atoms with van der Waals surface area (Å²) in [4.78, 5) is 14.9. The fourth-order valence-electron chi connectivity index (χ4n) is 5.94. The highest BCUT2D eigenvalue weighted by Gasteiger charge is 2.61. The number of likely N-dealkylation sites (N-methyl/N-ethyl adjacent to an activating group) is 1. The monoisotopic (exact) mass is 329 g/mol. The van der Waals surface area contributed by atoms with Crippen LogP contribution >= 0.6 is 0 Å². The molecule has 1 N–H and O–H groups in total. The number of rotatable bonds is 4. The minimum absolute atomic E-state index is 0.0201. The summed E-state index contributed by atoms with van der Waals surface area (Å²) >= 11 is 0. The number of carbonyl (C=O) groups excluding carboxylic acids is 1. The molecule has 1 saturated carbocycles. The average molecular weight is 329 g/mol. The quantitative estimate of drug-likeness (QED) is 0.860. The van der Waals surface area contributed by atoms with Crippen LogP contribution in [-0.2, 0) is 21.4 Å². The van der Waals surface area contributed by atoms with Crippen molar-refractivity contribution >= 4 is 5.97 Å². The van der Waals surface area contributed by atoms with E-state index in [2.05, 4.69) is 36.2 Å². The molecule has 4 nitrogen and oxygen atoms in total. The number of esters is 1. The van der Waals surface area contributed by atoms with E-state index in [0.717, 1.165) is 25.7 Å². The van der Waals surface area contributed by atoms with E-state index in [4.69, 9.17) is 4.74 Å². The van der Waals surface area contributed by atoms with Crippen molar-refractivity contribution < 1.29 is 14.6 Å². The molecule has 2 aliphatic heterocycles. The van der Waals surface area contributed by atoms with Crippen molar-refractivity contribution in [3.63, 3.8) is 0 Å². The van der Waals surface area contributed by atoms with Crippen LogP contribution in [0.1, 0.15) is 37.3 Å². The van der Waals surface area contributed by atoms with Gasteiger partial charge in [0.15, 0.2) is 0 Å². The van der Waals surface area contributed by atoms with Gasteiger partial charge in [0.2, 0.25) is 0 Å². The normalized spacial score (nSPS) is 37.1. The summed E-state index contributed by atoms with van der Waals surface area (Å²) in [6.45, 7) is 2.53. The maximum atomic E-state index is 12.5. The van der Waals surface area contributed by atoms with Crippen molar-refractivity contribution in [3.05, 3.63) is 35.4 Å². The van der Waals surface area contributed by atoms with E-state index in [0.29, 0.717) is 18.6 Å². The molecule has 1 aromatic carbocycles. The van der Waals surface area contributed by atoms with Crippen LogP contribution in [0, 0.1) is 11.8 Å². The standard InChI is InChI=1S/C20H27NO3/c1-3-24-19(23)14-11-16-17-10-13-6-4-5-7-15(13)20(16,8-9-22)12-18(14)21(17)2/h4-7,14,16-18,22H,3,8-12H2,1-2H3/t14-,16?,17?,18?,20-/m0/s1. The minimum atomic E-state index is -0.0377. The van der Waals surface area contributed by atoms with Gasteiger partial charge in [0.25, 0.3) is 0 Å². The number of hydrogen-bond acceptors (Lipinski definition) is 4. The zero-order valence-corrected chi connectivity index (χ0v) is 14.6. The van der Waals surface area contributed by atoms with Gasteiger partial charge in [-0.3, -0.25) is 9.69 Å². The van der Waals surface area contributed by atoms with Gasteiger partial charge in [-0.2, -0.15) is 0 Å². The van der Waals surface area contributed by atoms with Crippen LogP contribution in [-0.4, -0.2) is 48.3 Å². The molecule has 4 heteroatoms. The van der Waals surface area contributed by atoms with E-state index in [1.165, 1.54) is 11.1 Å². The molecular weight excluding hydrogens is 302 g/mol. The van der Waals surface area contributed by atoms with Crippen LogP contribution in [0.2, 0.25) is 0 Å². The van der Waals surface area contributed by atoms with E-state index < -0.39 is 0 Å². The lowest BCUT2D eigenvalue weighted by Gasteiger charge is -2.64. The molecule has 0 radical (unpaired) electrons. The topological polar surface area (TPSA) is 49.8 Å². The van der Waals surface area contributed by atoms with Gasteiger partial charge in [0.05, 0.1) is 12.5 Å². The summed E-state index contributed by atoms with van der Waals surface area (Å²) in [5, 5.41) is 9.80. The van der Waals surface area contributed by atoms with Gasteiger partial charge >= 0.3 is 5.97 Å². The Balaban J connectivity index is 1.77. The highest BCUT2D eigenvalue weighted by Crippen LogP contribution is 2.59. The Kier molecular flexibility index (Phi) is 3.92. The average Bonchev–Trinajstić information content (AvgIpc) is 2.59. The van der Waals surface area contributed by atoms with Crippen LogP contribution in [0.4, 0.5) is 0 Å². The molecule has 5 atom stereocenters. The lowest BCUT2D eigenvalue weighted by Crippen LogP contribution is -2.69. The van der Waals surface area contributed by atoms with E-state index in [9.17, 15) is 9.90 Å². The van der Waals surface area contributed by atoms with Crippen LogP contribution in [0.5, 0.6) is 0 Å². The van der Waals surface area contributed by atoms with Gasteiger partial charge in [0.1, 0.15) is 0 Å². The maximum absolute atomic E-state index is 12.5. The Morgan fingerprint density at radius 1 is 1.38 bits per heavy atom. The number of benzene rings is 1. The Labute approximate surface area is 143 Å². The Hall–Kier alpha value is -1.39. The second-order valence-electron chi connectivity index (χ2n) is 7.70. The number of ether oxygens (including phenoxy) is 1. The van der Waals surface area contributed by atoms with Gasteiger partial charge in [-0.25, -0.2) is 0 Å². The van der Waals surface area contributed by atoms with Crippen molar-refractivity contribution in [1.82, 2.24) is 4.90 Å². The third kappa shape index (κ3) is 2.09. The minimum Gasteiger partial charge on any atom is -0.466 e. The number of carbonyl (C=O) groups is 1. The zero-order valence-electron chi connectivity index (χ0n) is 14.6. The largest absolute Gasteiger partial charge is 0.466 e. The number of piperidine rings is 2. The van der Waals surface area contributed by atoms with Gasteiger partial charge in [-0.1, -0.05) is 24.3 Å². The molecule has 5 rings (SSSR count). The first-order valence-corrected chi connectivity index (χ1v) is 9.20. The van der Waals surface area contributed by atoms with E-state index >= 15 is 0 Å². The molecule has 0 amide bonds. The second-order valence-corrected chi connectivity index (χ2v) is 7.70. The second kappa shape index (κ2) is 5.85. The molecule has 2 saturated heterocycles. The highest BCUT2D eigenvalue weighted by molar-refractivity contribution is 5.74. The number of hydrogen-bond donors (Lipinski definition) is 1. The smallest absolute Gasteiger partial charge is 0.310 e. The van der Waals surface area contributed by atoms with Crippen molar-refractivity contribution in [1.29, 1.82) is 0 Å². The Bertz CT molecular complexity index is 646. The fourth-order valence-corrected chi connectivity index (χ4v) is 5.94. The van der Waals surface area contributed by atoms with Gasteiger partial charge in [0, 0.05) is 24.1 Å². The van der Waals surface area contributed by atoms with E-state index in [1.807, 2.05) is 6.92 Å². The third-order valence-corrected chi connectivity index (χ3v) is 6.90. The molecule has 2 aliphatic carbocycles. The zero-order chi connectivity index (χ0) is 16.9. The number of nitrogens with zero attached hydrogens (tertiary/aromatic N) is 1.